The zero-order valence-corrected chi connectivity index (χ0v) is 16.1. The average molecular weight is 361 g/mol. The van der Waals surface area contributed by atoms with E-state index in [-0.39, 0.29) is 6.03 Å². The van der Waals surface area contributed by atoms with E-state index >= 15 is 0 Å². The van der Waals surface area contributed by atoms with Crippen LogP contribution in [0.5, 0.6) is 5.75 Å². The highest BCUT2D eigenvalue weighted by Crippen LogP contribution is 2.28. The number of ether oxygens (including phenoxy) is 1. The fourth-order valence-electron chi connectivity index (χ4n) is 2.69. The Morgan fingerprint density at radius 1 is 1.12 bits per heavy atom. The van der Waals surface area contributed by atoms with E-state index in [9.17, 15) is 4.79 Å². The van der Waals surface area contributed by atoms with Crippen LogP contribution in [0.3, 0.4) is 0 Å². The van der Waals surface area contributed by atoms with Crippen molar-refractivity contribution in [1.29, 1.82) is 0 Å². The summed E-state index contributed by atoms with van der Waals surface area (Å²) in [6, 6.07) is 11.3. The summed E-state index contributed by atoms with van der Waals surface area (Å²) in [4.78, 5) is 12.3. The van der Waals surface area contributed by atoms with Gasteiger partial charge in [-0.3, -0.25) is 0 Å². The number of carbonyl (C=O) groups is 1. The lowest BCUT2D eigenvalue weighted by Crippen LogP contribution is -2.39. The van der Waals surface area contributed by atoms with Crippen LogP contribution >= 0.6 is 11.6 Å². The van der Waals surface area contributed by atoms with Gasteiger partial charge in [0.05, 0.1) is 10.7 Å². The molecule has 0 aliphatic rings. The van der Waals surface area contributed by atoms with Crippen LogP contribution in [0.1, 0.15) is 43.4 Å². The van der Waals surface area contributed by atoms with E-state index < -0.39 is 6.23 Å². The van der Waals surface area contributed by atoms with Gasteiger partial charge in [0.1, 0.15) is 5.75 Å². The number of urea groups is 1. The molecule has 1 atom stereocenters. The molecule has 0 aromatic heterocycles. The van der Waals surface area contributed by atoms with E-state index in [0.29, 0.717) is 16.6 Å². The molecule has 2 aromatic rings. The second-order valence-corrected chi connectivity index (χ2v) is 6.90. The average Bonchev–Trinajstić information content (AvgIpc) is 2.51. The quantitative estimate of drug-likeness (QED) is 0.679. The van der Waals surface area contributed by atoms with Gasteiger partial charge in [0.15, 0.2) is 6.23 Å². The zero-order chi connectivity index (χ0) is 18.6. The van der Waals surface area contributed by atoms with Crippen LogP contribution in [-0.2, 0) is 0 Å². The molecule has 0 heterocycles. The lowest BCUT2D eigenvalue weighted by Gasteiger charge is -2.20. The Hall–Kier alpha value is -2.20. The molecule has 0 bridgehead atoms. The third-order valence-electron chi connectivity index (χ3n) is 3.85. The Morgan fingerprint density at radius 3 is 2.44 bits per heavy atom. The van der Waals surface area contributed by atoms with Gasteiger partial charge in [0.25, 0.3) is 0 Å². The molecule has 0 aliphatic heterocycles. The van der Waals surface area contributed by atoms with Crippen molar-refractivity contribution in [3.8, 4) is 5.75 Å². The number of hydrogen-bond acceptors (Lipinski definition) is 2. The number of benzene rings is 2. The van der Waals surface area contributed by atoms with Crippen molar-refractivity contribution < 1.29 is 9.53 Å². The molecule has 0 fully saturated rings. The van der Waals surface area contributed by atoms with E-state index in [1.54, 1.807) is 6.92 Å². The van der Waals surface area contributed by atoms with Crippen LogP contribution in [0.25, 0.3) is 0 Å². The van der Waals surface area contributed by atoms with Crippen LogP contribution < -0.4 is 15.4 Å². The number of rotatable bonds is 5. The Kier molecular flexibility index (Phi) is 6.32. The van der Waals surface area contributed by atoms with Gasteiger partial charge in [-0.25, -0.2) is 4.79 Å². The number of anilines is 1. The largest absolute Gasteiger partial charge is 0.471 e. The Bertz CT molecular complexity index is 736. The predicted molar refractivity (Wildman–Crippen MR) is 104 cm³/mol. The fraction of sp³-hybridized carbons (Fsp3) is 0.350. The molecule has 25 heavy (non-hydrogen) atoms. The van der Waals surface area contributed by atoms with Gasteiger partial charge < -0.3 is 15.4 Å². The lowest BCUT2D eigenvalue weighted by molar-refractivity contribution is 0.181. The number of halogens is 1. The highest BCUT2D eigenvalue weighted by Gasteiger charge is 2.14. The molecule has 2 rings (SSSR count). The Morgan fingerprint density at radius 2 is 1.80 bits per heavy atom. The maximum Gasteiger partial charge on any atom is 0.322 e. The molecule has 0 aliphatic carbocycles. The molecule has 0 spiro atoms. The summed E-state index contributed by atoms with van der Waals surface area (Å²) in [5.41, 5.74) is 3.68. The van der Waals surface area contributed by atoms with Gasteiger partial charge in [-0.2, -0.15) is 0 Å². The minimum atomic E-state index is -0.482. The SMILES string of the molecule is Cc1cc(C)c(NC(=O)NC(C)Oc2ccccc2C(C)C)c(Cl)c1. The van der Waals surface area contributed by atoms with E-state index in [1.165, 1.54) is 0 Å². The fourth-order valence-corrected chi connectivity index (χ4v) is 3.06. The van der Waals surface area contributed by atoms with Crippen LogP contribution in [-0.4, -0.2) is 12.3 Å². The second kappa shape index (κ2) is 8.26. The van der Waals surface area contributed by atoms with Gasteiger partial charge in [0, 0.05) is 0 Å². The second-order valence-electron chi connectivity index (χ2n) is 6.49. The standard InChI is InChI=1S/C20H25ClN2O2/c1-12(2)16-8-6-7-9-18(16)25-15(5)22-20(24)23-19-14(4)10-13(3)11-17(19)21/h6-12,15H,1-5H3,(H2,22,23,24). The molecule has 1 unspecified atom stereocenters. The van der Waals surface area contributed by atoms with E-state index in [4.69, 9.17) is 16.3 Å². The van der Waals surface area contributed by atoms with Crippen LogP contribution in [0.15, 0.2) is 36.4 Å². The van der Waals surface area contributed by atoms with Crippen molar-refractivity contribution in [3.05, 3.63) is 58.1 Å². The molecule has 4 nitrogen and oxygen atoms in total. The van der Waals surface area contributed by atoms with Crippen molar-refractivity contribution in [1.82, 2.24) is 5.32 Å². The highest BCUT2D eigenvalue weighted by molar-refractivity contribution is 6.34. The minimum absolute atomic E-state index is 0.339. The molecule has 5 heteroatoms. The summed E-state index contributed by atoms with van der Waals surface area (Å²) in [7, 11) is 0. The molecule has 0 saturated heterocycles. The van der Waals surface area contributed by atoms with Gasteiger partial charge in [-0.1, -0.05) is 49.7 Å². The third kappa shape index (κ3) is 5.13. The molecular formula is C20H25ClN2O2. The maximum absolute atomic E-state index is 12.3. The van der Waals surface area contributed by atoms with E-state index in [1.807, 2.05) is 50.2 Å². The number of amides is 2. The monoisotopic (exact) mass is 360 g/mol. The first-order chi connectivity index (χ1) is 11.8. The smallest absolute Gasteiger partial charge is 0.322 e. The number of para-hydroxylation sites is 1. The predicted octanol–water partition coefficient (Wildman–Crippen LogP) is 5.63. The van der Waals surface area contributed by atoms with Crippen molar-refractivity contribution >= 4 is 23.3 Å². The first-order valence-electron chi connectivity index (χ1n) is 8.37. The summed E-state index contributed by atoms with van der Waals surface area (Å²) in [5.74, 6) is 1.11. The molecule has 0 saturated carbocycles. The molecule has 2 amide bonds. The van der Waals surface area contributed by atoms with Crippen molar-refractivity contribution in [2.45, 2.75) is 46.8 Å². The minimum Gasteiger partial charge on any atom is -0.471 e. The Balaban J connectivity index is 2.02. The molecule has 2 aromatic carbocycles. The van der Waals surface area contributed by atoms with Gasteiger partial charge in [-0.05, 0) is 55.5 Å². The highest BCUT2D eigenvalue weighted by atomic mass is 35.5. The number of hydrogen-bond donors (Lipinski definition) is 2. The summed E-state index contributed by atoms with van der Waals surface area (Å²) in [6.07, 6.45) is -0.482. The van der Waals surface area contributed by atoms with E-state index in [2.05, 4.69) is 24.5 Å². The summed E-state index contributed by atoms with van der Waals surface area (Å²) in [5, 5.41) is 6.10. The van der Waals surface area contributed by atoms with Crippen molar-refractivity contribution in [2.75, 3.05) is 5.32 Å². The number of aryl methyl sites for hydroxylation is 2. The van der Waals surface area contributed by atoms with Crippen LogP contribution in [0.2, 0.25) is 5.02 Å². The maximum atomic E-state index is 12.3. The topological polar surface area (TPSA) is 50.4 Å². The molecular weight excluding hydrogens is 336 g/mol. The normalized spacial score (nSPS) is 12.0. The molecule has 0 radical (unpaired) electrons. The van der Waals surface area contributed by atoms with Gasteiger partial charge in [0.2, 0.25) is 0 Å². The first-order valence-corrected chi connectivity index (χ1v) is 8.75. The first kappa shape index (κ1) is 19.1. The summed E-state index contributed by atoms with van der Waals surface area (Å²) < 4.78 is 5.89. The summed E-state index contributed by atoms with van der Waals surface area (Å²) >= 11 is 6.23. The van der Waals surface area contributed by atoms with Crippen LogP contribution in [0, 0.1) is 13.8 Å². The molecule has 134 valence electrons. The Labute approximate surface area is 154 Å². The van der Waals surface area contributed by atoms with Gasteiger partial charge in [-0.15, -0.1) is 0 Å². The zero-order valence-electron chi connectivity index (χ0n) is 15.3. The van der Waals surface area contributed by atoms with Crippen molar-refractivity contribution in [3.63, 3.8) is 0 Å². The summed E-state index contributed by atoms with van der Waals surface area (Å²) in [6.45, 7) is 9.88. The lowest BCUT2D eigenvalue weighted by atomic mass is 10.0. The molecule has 2 N–H and O–H groups in total. The van der Waals surface area contributed by atoms with Crippen LogP contribution in [0.4, 0.5) is 10.5 Å². The third-order valence-corrected chi connectivity index (χ3v) is 4.15. The van der Waals surface area contributed by atoms with Crippen molar-refractivity contribution in [2.24, 2.45) is 0 Å². The number of carbonyl (C=O) groups excluding carboxylic acids is 1. The van der Waals surface area contributed by atoms with E-state index in [0.717, 1.165) is 22.4 Å². The van der Waals surface area contributed by atoms with Gasteiger partial charge >= 0.3 is 6.03 Å². The number of nitrogens with one attached hydrogen (secondary N) is 2.